The van der Waals surface area contributed by atoms with Crippen LogP contribution in [0.1, 0.15) is 47.3 Å². The van der Waals surface area contributed by atoms with Crippen molar-refractivity contribution in [1.82, 2.24) is 29.9 Å². The Labute approximate surface area is 194 Å². The van der Waals surface area contributed by atoms with Gasteiger partial charge in [-0.05, 0) is 48.2 Å². The van der Waals surface area contributed by atoms with E-state index in [1.54, 1.807) is 12.3 Å². The summed E-state index contributed by atoms with van der Waals surface area (Å²) in [5.41, 5.74) is 8.28. The lowest BCUT2D eigenvalue weighted by Gasteiger charge is -2.25. The summed E-state index contributed by atoms with van der Waals surface area (Å²) >= 11 is 0. The average molecular weight is 474 g/mol. The highest BCUT2D eigenvalue weighted by molar-refractivity contribution is 6.00. The molecular formula is C23H26F3N7O. The molecule has 0 unspecified atom stereocenters. The summed E-state index contributed by atoms with van der Waals surface area (Å²) in [5, 5.41) is 11.0. The number of rotatable bonds is 6. The summed E-state index contributed by atoms with van der Waals surface area (Å²) < 4.78 is 40.0. The number of hydrogen-bond acceptors (Lipinski definition) is 6. The molecule has 11 heteroatoms. The maximum absolute atomic E-state index is 12.9. The number of nitrogens with one attached hydrogen (secondary N) is 1. The predicted molar refractivity (Wildman–Crippen MR) is 122 cm³/mol. The second kappa shape index (κ2) is 8.98. The van der Waals surface area contributed by atoms with Crippen molar-refractivity contribution in [1.29, 1.82) is 0 Å². The van der Waals surface area contributed by atoms with Gasteiger partial charge in [0.15, 0.2) is 5.65 Å². The highest BCUT2D eigenvalue weighted by Crippen LogP contribution is 2.30. The summed E-state index contributed by atoms with van der Waals surface area (Å²) in [6.45, 7) is 4.85. The van der Waals surface area contributed by atoms with Gasteiger partial charge in [0.05, 0.1) is 17.7 Å². The fourth-order valence-corrected chi connectivity index (χ4v) is 3.72. The number of hydrogen-bond donors (Lipinski definition) is 2. The minimum atomic E-state index is -4.36. The molecule has 1 aliphatic rings. The van der Waals surface area contributed by atoms with Gasteiger partial charge in [0, 0.05) is 32.0 Å². The number of alkyl halides is 3. The fourth-order valence-electron chi connectivity index (χ4n) is 3.72. The van der Waals surface area contributed by atoms with E-state index in [0.717, 1.165) is 35.3 Å². The molecule has 8 nitrogen and oxygen atoms in total. The number of halogens is 3. The number of nitrogens with two attached hydrogens (primary N) is 1. The molecule has 1 aromatic carbocycles. The average Bonchev–Trinajstić information content (AvgIpc) is 3.34. The first kappa shape index (κ1) is 23.6. The van der Waals surface area contributed by atoms with Gasteiger partial charge in [0.1, 0.15) is 0 Å². The van der Waals surface area contributed by atoms with Crippen LogP contribution in [0.15, 0.2) is 42.7 Å². The number of amides is 1. The standard InChI is InChI=1S/C23H26F3N7O/c1-4-14(2)28-21(34)19-9-16(13-33-20(19)29-22(27)30-33)17-11-31(3)32(12-17)10-15-5-7-18(8-6-15)23(24,25)26/h5-9,12-14H,4,10-11H2,1-3H3,(H2,27,30)(H,28,34)/t14-/m0/s1. The van der Waals surface area contributed by atoms with Gasteiger partial charge in [0.25, 0.3) is 5.91 Å². The van der Waals surface area contributed by atoms with Crippen LogP contribution in [0.3, 0.4) is 0 Å². The van der Waals surface area contributed by atoms with E-state index in [1.807, 2.05) is 37.1 Å². The lowest BCUT2D eigenvalue weighted by Crippen LogP contribution is -2.32. The van der Waals surface area contributed by atoms with Crippen molar-refractivity contribution in [2.45, 2.75) is 39.0 Å². The topological polar surface area (TPSA) is 91.8 Å². The Morgan fingerprint density at radius 2 is 1.97 bits per heavy atom. The van der Waals surface area contributed by atoms with Crippen molar-refractivity contribution in [2.24, 2.45) is 0 Å². The van der Waals surface area contributed by atoms with Crippen molar-refractivity contribution in [3.05, 3.63) is 65.0 Å². The fraction of sp³-hybridized carbons (Fsp3) is 0.348. The summed E-state index contributed by atoms with van der Waals surface area (Å²) in [5.74, 6) is -0.196. The second-order valence-electron chi connectivity index (χ2n) is 8.43. The van der Waals surface area contributed by atoms with E-state index in [2.05, 4.69) is 15.4 Å². The summed E-state index contributed by atoms with van der Waals surface area (Å²) in [6.07, 6.45) is 0.0965. The Hall–Kier alpha value is -3.60. The van der Waals surface area contributed by atoms with Crippen LogP contribution >= 0.6 is 0 Å². The van der Waals surface area contributed by atoms with Gasteiger partial charge in [-0.25, -0.2) is 9.52 Å². The molecule has 0 fully saturated rings. The maximum atomic E-state index is 12.9. The Morgan fingerprint density at radius 3 is 2.62 bits per heavy atom. The number of hydrazine groups is 1. The normalized spacial score (nSPS) is 15.6. The molecule has 180 valence electrons. The Bertz CT molecular complexity index is 1230. The van der Waals surface area contributed by atoms with Crippen LogP contribution in [0.4, 0.5) is 19.1 Å². The number of aromatic nitrogens is 3. The lowest BCUT2D eigenvalue weighted by atomic mass is 10.1. The van der Waals surface area contributed by atoms with Gasteiger partial charge < -0.3 is 16.1 Å². The zero-order chi connectivity index (χ0) is 24.6. The largest absolute Gasteiger partial charge is 0.416 e. The maximum Gasteiger partial charge on any atom is 0.416 e. The number of fused-ring (bicyclic) bond motifs is 1. The lowest BCUT2D eigenvalue weighted by molar-refractivity contribution is -0.137. The van der Waals surface area contributed by atoms with Crippen molar-refractivity contribution in [3.63, 3.8) is 0 Å². The quantitative estimate of drug-likeness (QED) is 0.569. The van der Waals surface area contributed by atoms with E-state index in [0.29, 0.717) is 24.3 Å². The summed E-state index contributed by atoms with van der Waals surface area (Å²) in [4.78, 5) is 17.1. The SMILES string of the molecule is CC[C@H](C)NC(=O)c1cc(C2=CN(Cc3ccc(C(F)(F)F)cc3)N(C)C2)cn2nc(N)nc12. The van der Waals surface area contributed by atoms with E-state index in [9.17, 15) is 18.0 Å². The molecule has 2 aromatic heterocycles. The molecule has 0 aliphatic carbocycles. The first-order chi connectivity index (χ1) is 16.0. The highest BCUT2D eigenvalue weighted by Gasteiger charge is 2.30. The van der Waals surface area contributed by atoms with E-state index >= 15 is 0 Å². The van der Waals surface area contributed by atoms with Gasteiger partial charge in [0.2, 0.25) is 5.95 Å². The third-order valence-corrected chi connectivity index (χ3v) is 5.82. The highest BCUT2D eigenvalue weighted by atomic mass is 19.4. The van der Waals surface area contributed by atoms with Crippen molar-refractivity contribution in [2.75, 3.05) is 19.3 Å². The number of pyridine rings is 1. The number of anilines is 1. The number of carbonyl (C=O) groups is 1. The summed E-state index contributed by atoms with van der Waals surface area (Å²) in [6, 6.07) is 6.88. The number of benzene rings is 1. The minimum Gasteiger partial charge on any atom is -0.366 e. The molecule has 0 radical (unpaired) electrons. The minimum absolute atomic E-state index is 0.00692. The number of nitrogen functional groups attached to an aromatic ring is 1. The molecule has 4 rings (SSSR count). The summed E-state index contributed by atoms with van der Waals surface area (Å²) in [7, 11) is 1.89. The van der Waals surface area contributed by atoms with Crippen LogP contribution in [0.25, 0.3) is 11.2 Å². The van der Waals surface area contributed by atoms with Crippen LogP contribution in [0.2, 0.25) is 0 Å². The molecule has 0 saturated carbocycles. The number of likely N-dealkylation sites (N-methyl/N-ethyl adjacent to an activating group) is 1. The van der Waals surface area contributed by atoms with Gasteiger partial charge in [-0.2, -0.15) is 18.2 Å². The van der Waals surface area contributed by atoms with Crippen LogP contribution in [-0.2, 0) is 12.7 Å². The van der Waals surface area contributed by atoms with E-state index in [4.69, 9.17) is 5.73 Å². The molecule has 1 aliphatic heterocycles. The molecule has 3 heterocycles. The van der Waals surface area contributed by atoms with Gasteiger partial charge in [-0.3, -0.25) is 4.79 Å². The van der Waals surface area contributed by atoms with E-state index < -0.39 is 11.7 Å². The molecule has 3 aromatic rings. The smallest absolute Gasteiger partial charge is 0.366 e. The predicted octanol–water partition coefficient (Wildman–Crippen LogP) is 3.56. The first-order valence-electron chi connectivity index (χ1n) is 10.9. The molecule has 1 atom stereocenters. The number of carbonyl (C=O) groups excluding carboxylic acids is 1. The van der Waals surface area contributed by atoms with Crippen molar-refractivity contribution >= 4 is 23.1 Å². The van der Waals surface area contributed by atoms with Crippen LogP contribution in [0, 0.1) is 0 Å². The Kier molecular flexibility index (Phi) is 6.22. The van der Waals surface area contributed by atoms with Crippen LogP contribution in [0.5, 0.6) is 0 Å². The van der Waals surface area contributed by atoms with Crippen molar-refractivity contribution < 1.29 is 18.0 Å². The molecule has 0 saturated heterocycles. The third-order valence-electron chi connectivity index (χ3n) is 5.82. The molecule has 34 heavy (non-hydrogen) atoms. The van der Waals surface area contributed by atoms with Gasteiger partial charge >= 0.3 is 6.18 Å². The molecule has 1 amide bonds. The zero-order valence-electron chi connectivity index (χ0n) is 19.1. The molecule has 0 spiro atoms. The molecular weight excluding hydrogens is 447 g/mol. The Morgan fingerprint density at radius 1 is 1.26 bits per heavy atom. The van der Waals surface area contributed by atoms with E-state index in [1.165, 1.54) is 16.6 Å². The monoisotopic (exact) mass is 473 g/mol. The molecule has 3 N–H and O–H groups in total. The number of nitrogens with zero attached hydrogens (tertiary/aromatic N) is 5. The van der Waals surface area contributed by atoms with Crippen LogP contribution in [-0.4, -0.2) is 50.2 Å². The van der Waals surface area contributed by atoms with Crippen molar-refractivity contribution in [3.8, 4) is 0 Å². The Balaban J connectivity index is 1.62. The van der Waals surface area contributed by atoms with Crippen LogP contribution < -0.4 is 11.1 Å². The van der Waals surface area contributed by atoms with Gasteiger partial charge in [-0.1, -0.05) is 19.1 Å². The zero-order valence-corrected chi connectivity index (χ0v) is 19.1. The van der Waals surface area contributed by atoms with E-state index in [-0.39, 0.29) is 17.9 Å². The van der Waals surface area contributed by atoms with Gasteiger partial charge in [-0.15, -0.1) is 5.10 Å². The second-order valence-corrected chi connectivity index (χ2v) is 8.43. The third kappa shape index (κ3) is 4.84. The molecule has 0 bridgehead atoms. The first-order valence-corrected chi connectivity index (χ1v) is 10.9.